The maximum atomic E-state index is 14.8. The molecule has 0 spiro atoms. The third-order valence-corrected chi connectivity index (χ3v) is 6.31. The van der Waals surface area contributed by atoms with Gasteiger partial charge in [-0.1, -0.05) is 40.2 Å². The van der Waals surface area contributed by atoms with E-state index in [0.29, 0.717) is 30.6 Å². The molecule has 0 saturated carbocycles. The lowest BCUT2D eigenvalue weighted by molar-refractivity contribution is -0.0942. The molecule has 1 fully saturated rings. The van der Waals surface area contributed by atoms with Crippen molar-refractivity contribution >= 4 is 21.6 Å². The van der Waals surface area contributed by atoms with E-state index in [1.165, 1.54) is 6.07 Å². The van der Waals surface area contributed by atoms with Crippen LogP contribution in [0.25, 0.3) is 0 Å². The molecule has 1 aromatic rings. The van der Waals surface area contributed by atoms with Crippen LogP contribution in [0.5, 0.6) is 0 Å². The quantitative estimate of drug-likeness (QED) is 0.612. The second kappa shape index (κ2) is 8.43. The Morgan fingerprint density at radius 1 is 1.30 bits per heavy atom. The van der Waals surface area contributed by atoms with Gasteiger partial charge in [-0.05, 0) is 31.4 Å². The van der Waals surface area contributed by atoms with Crippen LogP contribution >= 0.6 is 15.9 Å². The molecule has 0 aromatic heterocycles. The Bertz CT molecular complexity index is 739. The van der Waals surface area contributed by atoms with Gasteiger partial charge in [-0.25, -0.2) is 4.39 Å². The zero-order valence-corrected chi connectivity index (χ0v) is 16.8. The van der Waals surface area contributed by atoms with Crippen molar-refractivity contribution in [2.24, 2.45) is 11.8 Å². The standard InChI is InChI=1S/C21H26BrFN2O2/c22-14-10-17-20(18(23)11-14)25-19(13-4-2-1-3-5-13)16-7-6-15(27-21(16)17)12-24-8-9-26/h1-4,10-11,13,15-16,19,21,24-26H,5-9,12H2/t13?,15-,16+,19+,21+/m1/s1. The first-order valence-electron chi connectivity index (χ1n) is 9.73. The second-order valence-corrected chi connectivity index (χ2v) is 8.50. The van der Waals surface area contributed by atoms with Gasteiger partial charge < -0.3 is 20.5 Å². The van der Waals surface area contributed by atoms with Gasteiger partial charge in [0.05, 0.1) is 24.5 Å². The third kappa shape index (κ3) is 3.99. The van der Waals surface area contributed by atoms with E-state index >= 15 is 0 Å². The first-order valence-corrected chi connectivity index (χ1v) is 10.5. The fourth-order valence-corrected chi connectivity index (χ4v) is 5.05. The average Bonchev–Trinajstić information content (AvgIpc) is 2.68. The third-order valence-electron chi connectivity index (χ3n) is 5.85. The van der Waals surface area contributed by atoms with Crippen LogP contribution in [0.4, 0.5) is 10.1 Å². The van der Waals surface area contributed by atoms with Crippen LogP contribution in [0.1, 0.15) is 30.9 Å². The largest absolute Gasteiger partial charge is 0.395 e. The van der Waals surface area contributed by atoms with E-state index in [-0.39, 0.29) is 30.7 Å². The van der Waals surface area contributed by atoms with Gasteiger partial charge in [-0.2, -0.15) is 0 Å². The molecule has 2 heterocycles. The summed E-state index contributed by atoms with van der Waals surface area (Å²) in [7, 11) is 0. The highest BCUT2D eigenvalue weighted by molar-refractivity contribution is 9.10. The van der Waals surface area contributed by atoms with Crippen molar-refractivity contribution in [3.05, 3.63) is 52.3 Å². The minimum absolute atomic E-state index is 0.0771. The molecule has 3 aliphatic rings. The Hall–Kier alpha value is -1.21. The monoisotopic (exact) mass is 436 g/mol. The lowest BCUT2D eigenvalue weighted by Crippen LogP contribution is -2.48. The van der Waals surface area contributed by atoms with E-state index in [2.05, 4.69) is 50.9 Å². The highest BCUT2D eigenvalue weighted by atomic mass is 79.9. The number of aliphatic hydroxyl groups excluding tert-OH is 1. The molecule has 1 aromatic carbocycles. The van der Waals surface area contributed by atoms with Crippen molar-refractivity contribution in [3.63, 3.8) is 0 Å². The highest BCUT2D eigenvalue weighted by Crippen LogP contribution is 2.49. The molecule has 0 radical (unpaired) electrons. The molecule has 27 heavy (non-hydrogen) atoms. The van der Waals surface area contributed by atoms with Crippen LogP contribution in [0.15, 0.2) is 40.9 Å². The minimum Gasteiger partial charge on any atom is -0.395 e. The van der Waals surface area contributed by atoms with Crippen LogP contribution < -0.4 is 10.6 Å². The molecule has 1 unspecified atom stereocenters. The normalized spacial score (nSPS) is 31.9. The van der Waals surface area contributed by atoms with Crippen molar-refractivity contribution in [2.45, 2.75) is 37.5 Å². The van der Waals surface area contributed by atoms with Crippen LogP contribution in [-0.2, 0) is 4.74 Å². The van der Waals surface area contributed by atoms with E-state index < -0.39 is 0 Å². The number of rotatable bonds is 5. The molecular formula is C21H26BrFN2O2. The van der Waals surface area contributed by atoms with Crippen molar-refractivity contribution < 1.29 is 14.2 Å². The summed E-state index contributed by atoms with van der Waals surface area (Å²) in [6, 6.07) is 3.66. The van der Waals surface area contributed by atoms with Gasteiger partial charge >= 0.3 is 0 Å². The summed E-state index contributed by atoms with van der Waals surface area (Å²) in [5, 5.41) is 15.7. The number of aliphatic hydroxyl groups is 1. The smallest absolute Gasteiger partial charge is 0.147 e. The van der Waals surface area contributed by atoms with Gasteiger partial charge in [-0.3, -0.25) is 0 Å². The summed E-state index contributed by atoms with van der Waals surface area (Å²) in [5.41, 5.74) is 1.49. The Kier molecular flexibility index (Phi) is 5.97. The minimum atomic E-state index is -0.234. The first-order chi connectivity index (χ1) is 13.2. The van der Waals surface area contributed by atoms with E-state index in [1.807, 2.05) is 6.07 Å². The molecule has 1 aliphatic carbocycles. The number of halogens is 2. The van der Waals surface area contributed by atoms with Crippen LogP contribution in [-0.4, -0.2) is 36.9 Å². The summed E-state index contributed by atoms with van der Waals surface area (Å²) < 4.78 is 22.0. The Balaban J connectivity index is 1.62. The molecule has 0 amide bonds. The Morgan fingerprint density at radius 3 is 2.96 bits per heavy atom. The summed E-state index contributed by atoms with van der Waals surface area (Å²) in [6.45, 7) is 1.39. The molecule has 3 N–H and O–H groups in total. The fraction of sp³-hybridized carbons (Fsp3) is 0.524. The lowest BCUT2D eigenvalue weighted by Gasteiger charge is -2.47. The average molecular weight is 437 g/mol. The number of fused-ring (bicyclic) bond motifs is 3. The van der Waals surface area contributed by atoms with Gasteiger partial charge in [-0.15, -0.1) is 0 Å². The number of anilines is 1. The molecule has 0 bridgehead atoms. The van der Waals surface area contributed by atoms with Crippen molar-refractivity contribution in [1.29, 1.82) is 0 Å². The molecule has 146 valence electrons. The number of allylic oxidation sites excluding steroid dienone is 3. The van der Waals surface area contributed by atoms with E-state index in [1.54, 1.807) is 0 Å². The van der Waals surface area contributed by atoms with E-state index in [9.17, 15) is 4.39 Å². The predicted octanol–water partition coefficient (Wildman–Crippen LogP) is 3.93. The number of benzene rings is 1. The van der Waals surface area contributed by atoms with Crippen LogP contribution in [0, 0.1) is 17.7 Å². The molecule has 1 saturated heterocycles. The molecule has 5 atom stereocenters. The van der Waals surface area contributed by atoms with Crippen molar-refractivity contribution in [3.8, 4) is 0 Å². The number of hydrogen-bond donors (Lipinski definition) is 3. The number of nitrogens with one attached hydrogen (secondary N) is 2. The second-order valence-electron chi connectivity index (χ2n) is 7.58. The molecule has 2 aliphatic heterocycles. The molecule has 6 heteroatoms. The number of hydrogen-bond acceptors (Lipinski definition) is 4. The number of ether oxygens (including phenoxy) is 1. The topological polar surface area (TPSA) is 53.5 Å². The SMILES string of the molecule is OCCNC[C@H]1CC[C@@H]2[C@H](O1)c1cc(Br)cc(F)c1N[C@H]2C1C=CC=CC1. The Morgan fingerprint density at radius 2 is 2.19 bits per heavy atom. The Labute approximate surface area is 168 Å². The lowest BCUT2D eigenvalue weighted by atomic mass is 9.73. The summed E-state index contributed by atoms with van der Waals surface area (Å²) in [6.07, 6.45) is 11.5. The fourth-order valence-electron chi connectivity index (χ4n) is 4.60. The molecular weight excluding hydrogens is 411 g/mol. The van der Waals surface area contributed by atoms with Crippen molar-refractivity contribution in [1.82, 2.24) is 5.32 Å². The van der Waals surface area contributed by atoms with Gasteiger partial charge in [0.1, 0.15) is 5.82 Å². The van der Waals surface area contributed by atoms with Crippen molar-refractivity contribution in [2.75, 3.05) is 25.0 Å². The van der Waals surface area contributed by atoms with Gasteiger partial charge in [0, 0.05) is 41.0 Å². The van der Waals surface area contributed by atoms with Gasteiger partial charge in [0.2, 0.25) is 0 Å². The zero-order valence-electron chi connectivity index (χ0n) is 15.2. The molecule has 4 rings (SSSR count). The van der Waals surface area contributed by atoms with Gasteiger partial charge in [0.15, 0.2) is 0 Å². The highest BCUT2D eigenvalue weighted by Gasteiger charge is 2.44. The van der Waals surface area contributed by atoms with Gasteiger partial charge in [0.25, 0.3) is 0 Å². The zero-order chi connectivity index (χ0) is 18.8. The summed E-state index contributed by atoms with van der Waals surface area (Å²) in [5.74, 6) is 0.412. The van der Waals surface area contributed by atoms with Crippen LogP contribution in [0.3, 0.4) is 0 Å². The van der Waals surface area contributed by atoms with Crippen LogP contribution in [0.2, 0.25) is 0 Å². The maximum Gasteiger partial charge on any atom is 0.147 e. The molecule has 4 nitrogen and oxygen atoms in total. The summed E-state index contributed by atoms with van der Waals surface area (Å²) in [4.78, 5) is 0. The maximum absolute atomic E-state index is 14.8. The summed E-state index contributed by atoms with van der Waals surface area (Å²) >= 11 is 3.43. The van der Waals surface area contributed by atoms with E-state index in [0.717, 1.165) is 29.3 Å². The van der Waals surface area contributed by atoms with E-state index in [4.69, 9.17) is 9.84 Å². The predicted molar refractivity (Wildman–Crippen MR) is 108 cm³/mol. The first kappa shape index (κ1) is 19.1.